The van der Waals surface area contributed by atoms with Gasteiger partial charge in [-0.15, -0.1) is 0 Å². The molecule has 0 saturated heterocycles. The zero-order valence-electron chi connectivity index (χ0n) is 15.2. The number of ketones is 1. The van der Waals surface area contributed by atoms with Crippen LogP contribution in [-0.2, 0) is 6.18 Å². The number of nitrogen functional groups attached to an aromatic ring is 1. The summed E-state index contributed by atoms with van der Waals surface area (Å²) in [5.74, 6) is -0.463. The molecule has 1 fully saturated rings. The summed E-state index contributed by atoms with van der Waals surface area (Å²) in [6.07, 6.45) is 0.401. The number of carbonyl (C=O) groups excluding carboxylic acids is 1. The number of anilines is 2. The molecule has 0 atom stereocenters. The highest BCUT2D eigenvalue weighted by Gasteiger charge is 2.37. The van der Waals surface area contributed by atoms with Gasteiger partial charge in [-0.2, -0.15) is 13.2 Å². The van der Waals surface area contributed by atoms with Crippen LogP contribution in [0.25, 0.3) is 0 Å². The lowest BCUT2D eigenvalue weighted by Crippen LogP contribution is -2.29. The quantitative estimate of drug-likeness (QED) is 0.674. The van der Waals surface area contributed by atoms with E-state index in [-0.39, 0.29) is 23.2 Å². The minimum absolute atomic E-state index is 0.112. The van der Waals surface area contributed by atoms with E-state index in [1.54, 1.807) is 0 Å². The highest BCUT2D eigenvalue weighted by atomic mass is 19.4. The van der Waals surface area contributed by atoms with Crippen LogP contribution in [-0.4, -0.2) is 28.3 Å². The number of pyridine rings is 2. The predicted molar refractivity (Wildman–Crippen MR) is 99.7 cm³/mol. The molecule has 1 aliphatic carbocycles. The van der Waals surface area contributed by atoms with Crippen molar-refractivity contribution in [1.29, 1.82) is 0 Å². The number of hydrogen-bond donors (Lipinski definition) is 3. The topological polar surface area (TPSA) is 107 Å². The number of nitrogens with two attached hydrogens (primary N) is 2. The Morgan fingerprint density at radius 1 is 1.18 bits per heavy atom. The van der Waals surface area contributed by atoms with Crippen molar-refractivity contribution in [2.75, 3.05) is 17.6 Å². The smallest absolute Gasteiger partial charge is 0.383 e. The van der Waals surface area contributed by atoms with E-state index >= 15 is 0 Å². The van der Waals surface area contributed by atoms with Crippen molar-refractivity contribution in [3.63, 3.8) is 0 Å². The SMILES string of the molecule is Nc1ncccc1C(=O)c1nc(NCC2CCC(N)CC2)ccc1C(F)(F)F. The van der Waals surface area contributed by atoms with Gasteiger partial charge in [0.1, 0.15) is 17.3 Å². The van der Waals surface area contributed by atoms with Crippen LogP contribution >= 0.6 is 0 Å². The number of carbonyl (C=O) groups is 1. The van der Waals surface area contributed by atoms with Crippen molar-refractivity contribution in [2.45, 2.75) is 37.9 Å². The van der Waals surface area contributed by atoms with E-state index in [4.69, 9.17) is 11.5 Å². The van der Waals surface area contributed by atoms with E-state index in [0.29, 0.717) is 12.5 Å². The Labute approximate surface area is 160 Å². The van der Waals surface area contributed by atoms with Crippen LogP contribution in [0.15, 0.2) is 30.5 Å². The van der Waals surface area contributed by atoms with E-state index < -0.39 is 23.2 Å². The van der Waals surface area contributed by atoms with E-state index in [1.165, 1.54) is 24.4 Å². The zero-order valence-corrected chi connectivity index (χ0v) is 15.2. The number of alkyl halides is 3. The minimum Gasteiger partial charge on any atom is -0.383 e. The molecule has 1 saturated carbocycles. The number of rotatable bonds is 5. The molecule has 0 aliphatic heterocycles. The van der Waals surface area contributed by atoms with Gasteiger partial charge in [0.15, 0.2) is 0 Å². The number of hydrogen-bond acceptors (Lipinski definition) is 6. The third-order valence-electron chi connectivity index (χ3n) is 4.96. The first-order chi connectivity index (χ1) is 13.3. The Hall–Kier alpha value is -2.68. The molecule has 3 rings (SSSR count). The van der Waals surface area contributed by atoms with Crippen LogP contribution in [0.2, 0.25) is 0 Å². The largest absolute Gasteiger partial charge is 0.418 e. The second kappa shape index (κ2) is 8.14. The minimum atomic E-state index is -4.72. The summed E-state index contributed by atoms with van der Waals surface area (Å²) >= 11 is 0. The summed E-state index contributed by atoms with van der Waals surface area (Å²) in [4.78, 5) is 20.4. The first kappa shape index (κ1) is 20.1. The second-order valence-electron chi connectivity index (χ2n) is 7.02. The highest BCUT2D eigenvalue weighted by Crippen LogP contribution is 2.33. The van der Waals surface area contributed by atoms with Crippen LogP contribution in [0, 0.1) is 5.92 Å². The van der Waals surface area contributed by atoms with E-state index in [1.807, 2.05) is 0 Å². The van der Waals surface area contributed by atoms with Crippen molar-refractivity contribution in [3.8, 4) is 0 Å². The average Bonchev–Trinajstić information content (AvgIpc) is 2.66. The Kier molecular flexibility index (Phi) is 5.83. The monoisotopic (exact) mass is 393 g/mol. The van der Waals surface area contributed by atoms with Crippen LogP contribution < -0.4 is 16.8 Å². The van der Waals surface area contributed by atoms with Gasteiger partial charge < -0.3 is 16.8 Å². The van der Waals surface area contributed by atoms with Crippen LogP contribution in [0.5, 0.6) is 0 Å². The van der Waals surface area contributed by atoms with Crippen molar-refractivity contribution < 1.29 is 18.0 Å². The van der Waals surface area contributed by atoms with Crippen LogP contribution in [0.1, 0.15) is 47.3 Å². The maximum atomic E-state index is 13.4. The van der Waals surface area contributed by atoms with E-state index in [2.05, 4.69) is 15.3 Å². The van der Waals surface area contributed by atoms with Gasteiger partial charge in [-0.05, 0) is 55.9 Å². The molecule has 28 heavy (non-hydrogen) atoms. The number of nitrogens with zero attached hydrogens (tertiary/aromatic N) is 2. The van der Waals surface area contributed by atoms with E-state index in [0.717, 1.165) is 31.7 Å². The fourth-order valence-corrected chi connectivity index (χ4v) is 3.34. The highest BCUT2D eigenvalue weighted by molar-refractivity contribution is 6.11. The lowest BCUT2D eigenvalue weighted by molar-refractivity contribution is -0.138. The molecule has 2 heterocycles. The lowest BCUT2D eigenvalue weighted by Gasteiger charge is -2.26. The maximum absolute atomic E-state index is 13.4. The Balaban J connectivity index is 1.85. The lowest BCUT2D eigenvalue weighted by atomic mass is 9.86. The molecule has 0 unspecified atom stereocenters. The molecule has 5 N–H and O–H groups in total. The molecule has 0 spiro atoms. The first-order valence-electron chi connectivity index (χ1n) is 9.08. The van der Waals surface area contributed by atoms with Crippen LogP contribution in [0.4, 0.5) is 24.8 Å². The Morgan fingerprint density at radius 2 is 1.89 bits per heavy atom. The normalized spacial score (nSPS) is 20.0. The molecule has 1 aliphatic rings. The van der Waals surface area contributed by atoms with Gasteiger partial charge in [0.05, 0.1) is 11.1 Å². The summed E-state index contributed by atoms with van der Waals surface area (Å²) in [5.41, 5.74) is 9.64. The Bertz CT molecular complexity index is 848. The molecular formula is C19H22F3N5O. The molecule has 2 aromatic rings. The molecule has 0 aromatic carbocycles. The summed E-state index contributed by atoms with van der Waals surface area (Å²) in [7, 11) is 0. The van der Waals surface area contributed by atoms with Crippen molar-refractivity contribution >= 4 is 17.4 Å². The fraction of sp³-hybridized carbons (Fsp3) is 0.421. The van der Waals surface area contributed by atoms with Gasteiger partial charge in [0, 0.05) is 18.8 Å². The molecule has 150 valence electrons. The summed E-state index contributed by atoms with van der Waals surface area (Å²) in [5, 5.41) is 3.05. The fourth-order valence-electron chi connectivity index (χ4n) is 3.34. The zero-order chi connectivity index (χ0) is 20.3. The van der Waals surface area contributed by atoms with Gasteiger partial charge in [-0.3, -0.25) is 4.79 Å². The molecule has 0 amide bonds. The van der Waals surface area contributed by atoms with Crippen molar-refractivity contribution in [2.24, 2.45) is 11.7 Å². The first-order valence-corrected chi connectivity index (χ1v) is 9.08. The van der Waals surface area contributed by atoms with Crippen molar-refractivity contribution in [1.82, 2.24) is 9.97 Å². The molecule has 6 nitrogen and oxygen atoms in total. The van der Waals surface area contributed by atoms with Gasteiger partial charge in [0.2, 0.25) is 5.78 Å². The standard InChI is InChI=1S/C19H22F3N5O/c20-19(21,22)14-7-8-15(26-10-11-3-5-12(23)6-4-11)27-16(14)17(28)13-2-1-9-25-18(13)24/h1-2,7-9,11-12H,3-6,10,23H2,(H2,24,25)(H,26,27). The van der Waals surface area contributed by atoms with Gasteiger partial charge in [0.25, 0.3) is 0 Å². The van der Waals surface area contributed by atoms with Gasteiger partial charge in [-0.25, -0.2) is 9.97 Å². The summed E-state index contributed by atoms with van der Waals surface area (Å²) in [6.45, 7) is 0.563. The van der Waals surface area contributed by atoms with Gasteiger partial charge >= 0.3 is 6.18 Å². The maximum Gasteiger partial charge on any atom is 0.418 e. The predicted octanol–water partition coefficient (Wildman–Crippen LogP) is 3.24. The van der Waals surface area contributed by atoms with Crippen molar-refractivity contribution in [3.05, 3.63) is 47.3 Å². The molecular weight excluding hydrogens is 371 g/mol. The number of halogens is 3. The second-order valence-corrected chi connectivity index (χ2v) is 7.02. The summed E-state index contributed by atoms with van der Waals surface area (Å²) < 4.78 is 40.2. The third kappa shape index (κ3) is 4.59. The van der Waals surface area contributed by atoms with Crippen LogP contribution in [0.3, 0.4) is 0 Å². The van der Waals surface area contributed by atoms with Gasteiger partial charge in [-0.1, -0.05) is 0 Å². The third-order valence-corrected chi connectivity index (χ3v) is 4.96. The average molecular weight is 393 g/mol. The Morgan fingerprint density at radius 3 is 2.54 bits per heavy atom. The molecule has 9 heteroatoms. The molecule has 2 aromatic heterocycles. The molecule has 0 radical (unpaired) electrons. The number of aromatic nitrogens is 2. The molecule has 0 bridgehead atoms. The van der Waals surface area contributed by atoms with E-state index in [9.17, 15) is 18.0 Å². The number of nitrogens with one attached hydrogen (secondary N) is 1. The summed E-state index contributed by atoms with van der Waals surface area (Å²) in [6, 6.07) is 5.09.